The number of methoxy groups -OCH3 is 2. The number of aryl methyl sites for hydroxylation is 1. The van der Waals surface area contributed by atoms with Gasteiger partial charge in [0.15, 0.2) is 11.5 Å². The number of ether oxygens (including phenoxy) is 3. The summed E-state index contributed by atoms with van der Waals surface area (Å²) in [6.07, 6.45) is 3.99. The van der Waals surface area contributed by atoms with Crippen molar-refractivity contribution in [3.63, 3.8) is 0 Å². The van der Waals surface area contributed by atoms with Crippen LogP contribution < -0.4 is 4.90 Å². The van der Waals surface area contributed by atoms with Gasteiger partial charge in [-0.2, -0.15) is 5.10 Å². The van der Waals surface area contributed by atoms with Gasteiger partial charge in [0.2, 0.25) is 0 Å². The van der Waals surface area contributed by atoms with Crippen LogP contribution in [0, 0.1) is 6.92 Å². The summed E-state index contributed by atoms with van der Waals surface area (Å²) >= 11 is 0. The minimum Gasteiger partial charge on any atom is -0.378 e. The summed E-state index contributed by atoms with van der Waals surface area (Å²) in [4.78, 5) is 12.2. The first-order valence-corrected chi connectivity index (χ1v) is 12.5. The molecule has 0 atom stereocenters. The molecule has 0 radical (unpaired) electrons. The summed E-state index contributed by atoms with van der Waals surface area (Å²) in [5.74, 6) is 0.749. The summed E-state index contributed by atoms with van der Waals surface area (Å²) in [5, 5.41) is 5.00. The van der Waals surface area contributed by atoms with Crippen LogP contribution in [0.25, 0.3) is 28.2 Å². The van der Waals surface area contributed by atoms with Gasteiger partial charge in [0.25, 0.3) is 0 Å². The van der Waals surface area contributed by atoms with E-state index in [1.807, 2.05) is 11.0 Å². The molecule has 6 rings (SSSR count). The molecule has 2 aliphatic rings. The maximum atomic E-state index is 5.81. The average Bonchev–Trinajstić information content (AvgIpc) is 3.37. The van der Waals surface area contributed by atoms with Crippen LogP contribution in [-0.2, 0) is 27.4 Å². The third-order valence-corrected chi connectivity index (χ3v) is 7.20. The van der Waals surface area contributed by atoms with E-state index in [9.17, 15) is 0 Å². The highest BCUT2D eigenvalue weighted by molar-refractivity contribution is 5.87. The van der Waals surface area contributed by atoms with Gasteiger partial charge in [0.1, 0.15) is 5.52 Å². The summed E-state index contributed by atoms with van der Waals surface area (Å²) in [5.41, 5.74) is 6.77. The number of pyridine rings is 1. The van der Waals surface area contributed by atoms with Crippen LogP contribution in [-0.4, -0.2) is 70.4 Å². The van der Waals surface area contributed by atoms with Crippen LogP contribution in [0.2, 0.25) is 0 Å². The fraction of sp³-hybridized carbons (Fsp3) is 0.444. The number of rotatable bonds is 8. The quantitative estimate of drug-likeness (QED) is 0.374. The predicted octanol–water partition coefficient (Wildman–Crippen LogP) is 3.75. The third-order valence-electron chi connectivity index (χ3n) is 7.20. The predicted molar refractivity (Wildman–Crippen MR) is 138 cm³/mol. The van der Waals surface area contributed by atoms with Crippen molar-refractivity contribution in [2.75, 3.05) is 45.4 Å². The molecule has 1 aromatic carbocycles. The Morgan fingerprint density at radius 3 is 2.64 bits per heavy atom. The monoisotopic (exact) mass is 488 g/mol. The first-order chi connectivity index (χ1) is 17.6. The Bertz CT molecular complexity index is 1380. The molecule has 1 aliphatic heterocycles. The molecular formula is C27H32N6O3. The lowest BCUT2D eigenvalue weighted by molar-refractivity contribution is 0.0659. The van der Waals surface area contributed by atoms with Crippen molar-refractivity contribution in [1.29, 1.82) is 0 Å². The Balaban J connectivity index is 1.50. The van der Waals surface area contributed by atoms with Crippen molar-refractivity contribution in [2.45, 2.75) is 38.5 Å². The Morgan fingerprint density at radius 1 is 1.08 bits per heavy atom. The molecule has 0 amide bonds. The zero-order valence-corrected chi connectivity index (χ0v) is 21.1. The number of nitrogens with zero attached hydrogens (tertiary/aromatic N) is 6. The Morgan fingerprint density at radius 2 is 1.92 bits per heavy atom. The molecule has 4 aromatic rings. The minimum absolute atomic E-state index is 0.115. The lowest BCUT2D eigenvalue weighted by Crippen LogP contribution is -2.36. The van der Waals surface area contributed by atoms with Gasteiger partial charge < -0.3 is 23.7 Å². The molecule has 0 unspecified atom stereocenters. The van der Waals surface area contributed by atoms with Gasteiger partial charge in [-0.25, -0.2) is 14.6 Å². The second-order valence-corrected chi connectivity index (χ2v) is 9.77. The van der Waals surface area contributed by atoms with Crippen LogP contribution in [0.15, 0.2) is 42.7 Å². The summed E-state index contributed by atoms with van der Waals surface area (Å²) in [6.45, 7) is 6.27. The summed E-state index contributed by atoms with van der Waals surface area (Å²) < 4.78 is 21.0. The van der Waals surface area contributed by atoms with E-state index < -0.39 is 0 Å². The zero-order chi connectivity index (χ0) is 24.7. The fourth-order valence-corrected chi connectivity index (χ4v) is 4.97. The van der Waals surface area contributed by atoms with Crippen molar-refractivity contribution in [2.24, 2.45) is 0 Å². The lowest BCUT2D eigenvalue weighted by Gasteiger charge is -2.29. The minimum atomic E-state index is -0.115. The Labute approximate surface area is 210 Å². The standard InChI is InChI=1S/C27H32N6O3/c1-19-5-4-6-20(13-19)22-14-21(16-34-2)33(30-22)24-15-23(31-9-11-36-12-10-31)25-26(29-24)32(18-28-25)17-27(35-3)7-8-27/h4-6,13-15,18H,7-12,16-17H2,1-3H3. The molecule has 9 heteroatoms. The number of aromatic nitrogens is 5. The normalized spacial score (nSPS) is 17.1. The molecule has 0 bridgehead atoms. The van der Waals surface area contributed by atoms with Crippen LogP contribution in [0.1, 0.15) is 24.1 Å². The molecule has 0 spiro atoms. The van der Waals surface area contributed by atoms with Gasteiger partial charge in [-0.1, -0.05) is 23.8 Å². The van der Waals surface area contributed by atoms with Crippen LogP contribution in [0.5, 0.6) is 0 Å². The van der Waals surface area contributed by atoms with Crippen LogP contribution >= 0.6 is 0 Å². The number of morpholine rings is 1. The van der Waals surface area contributed by atoms with E-state index in [1.54, 1.807) is 14.2 Å². The molecule has 188 valence electrons. The highest BCUT2D eigenvalue weighted by atomic mass is 16.5. The molecule has 1 saturated heterocycles. The molecule has 2 fully saturated rings. The lowest BCUT2D eigenvalue weighted by atomic mass is 10.1. The Hall–Kier alpha value is -3.27. The van der Waals surface area contributed by atoms with E-state index in [4.69, 9.17) is 29.3 Å². The van der Waals surface area contributed by atoms with Crippen LogP contribution in [0.3, 0.4) is 0 Å². The third kappa shape index (κ3) is 4.27. The van der Waals surface area contributed by atoms with Crippen molar-refractivity contribution in [3.8, 4) is 17.1 Å². The number of anilines is 1. The molecule has 36 heavy (non-hydrogen) atoms. The smallest absolute Gasteiger partial charge is 0.164 e. The van der Waals surface area contributed by atoms with E-state index in [-0.39, 0.29) is 5.60 Å². The molecule has 1 aliphatic carbocycles. The number of imidazole rings is 1. The first-order valence-electron chi connectivity index (χ1n) is 12.5. The van der Waals surface area contributed by atoms with Gasteiger partial charge in [-0.05, 0) is 31.9 Å². The van der Waals surface area contributed by atoms with Crippen molar-refractivity contribution >= 4 is 16.9 Å². The number of hydrogen-bond acceptors (Lipinski definition) is 7. The number of hydrogen-bond donors (Lipinski definition) is 0. The van der Waals surface area contributed by atoms with E-state index >= 15 is 0 Å². The van der Waals surface area contributed by atoms with Crippen LogP contribution in [0.4, 0.5) is 5.69 Å². The highest BCUT2D eigenvalue weighted by Crippen LogP contribution is 2.41. The number of fused-ring (bicyclic) bond motifs is 1. The molecular weight excluding hydrogens is 456 g/mol. The molecule has 3 aromatic heterocycles. The highest BCUT2D eigenvalue weighted by Gasteiger charge is 2.43. The topological polar surface area (TPSA) is 79.5 Å². The average molecular weight is 489 g/mol. The van der Waals surface area contributed by atoms with Gasteiger partial charge in [0, 0.05) is 38.9 Å². The second-order valence-electron chi connectivity index (χ2n) is 9.77. The first kappa shape index (κ1) is 23.1. The van der Waals surface area contributed by atoms with E-state index in [0.29, 0.717) is 19.8 Å². The van der Waals surface area contributed by atoms with Crippen molar-refractivity contribution in [3.05, 3.63) is 54.0 Å². The van der Waals surface area contributed by atoms with Gasteiger partial charge in [-0.15, -0.1) is 0 Å². The van der Waals surface area contributed by atoms with E-state index in [2.05, 4.69) is 52.8 Å². The van der Waals surface area contributed by atoms with Gasteiger partial charge in [0.05, 0.1) is 55.4 Å². The van der Waals surface area contributed by atoms with Gasteiger partial charge in [-0.3, -0.25) is 0 Å². The number of benzene rings is 1. The zero-order valence-electron chi connectivity index (χ0n) is 21.1. The van der Waals surface area contributed by atoms with E-state index in [1.165, 1.54) is 5.56 Å². The molecule has 9 nitrogen and oxygen atoms in total. The maximum Gasteiger partial charge on any atom is 0.164 e. The molecule has 0 N–H and O–H groups in total. The molecule has 4 heterocycles. The van der Waals surface area contributed by atoms with Crippen molar-refractivity contribution in [1.82, 2.24) is 24.3 Å². The summed E-state index contributed by atoms with van der Waals surface area (Å²) in [7, 11) is 3.49. The summed E-state index contributed by atoms with van der Waals surface area (Å²) in [6, 6.07) is 12.6. The van der Waals surface area contributed by atoms with Crippen molar-refractivity contribution < 1.29 is 14.2 Å². The molecule has 1 saturated carbocycles. The van der Waals surface area contributed by atoms with E-state index in [0.717, 1.165) is 72.1 Å². The fourth-order valence-electron chi connectivity index (χ4n) is 4.97. The Kier molecular flexibility index (Phi) is 5.99. The maximum absolute atomic E-state index is 5.81. The SMILES string of the molecule is COCc1cc(-c2cccc(C)c2)nn1-c1cc(N2CCOCC2)c2ncn(CC3(OC)CC3)c2n1. The largest absolute Gasteiger partial charge is 0.378 e. The second kappa shape index (κ2) is 9.31. The van der Waals surface area contributed by atoms with Gasteiger partial charge >= 0.3 is 0 Å².